The summed E-state index contributed by atoms with van der Waals surface area (Å²) >= 11 is 0. The molecular weight excluding hydrogens is 404 g/mol. The second-order valence-electron chi connectivity index (χ2n) is 7.70. The van der Waals surface area contributed by atoms with Crippen molar-refractivity contribution in [1.29, 1.82) is 0 Å². The van der Waals surface area contributed by atoms with E-state index in [1.807, 2.05) is 36.4 Å². The molecule has 7 heteroatoms. The highest BCUT2D eigenvalue weighted by molar-refractivity contribution is 6.10. The van der Waals surface area contributed by atoms with Gasteiger partial charge in [-0.3, -0.25) is 4.79 Å². The third-order valence-corrected chi connectivity index (χ3v) is 5.74. The van der Waals surface area contributed by atoms with E-state index in [9.17, 15) is 4.79 Å². The molecular formula is C25H24N4O3. The Bertz CT molecular complexity index is 1170. The number of ether oxygens (including phenoxy) is 2. The number of carbonyl (C=O) groups excluding carboxylic acids is 1. The molecule has 32 heavy (non-hydrogen) atoms. The van der Waals surface area contributed by atoms with Crippen molar-refractivity contribution >= 4 is 23.2 Å². The maximum Gasteiger partial charge on any atom is 0.256 e. The number of anilines is 1. The molecule has 2 aliphatic heterocycles. The average Bonchev–Trinajstić information content (AvgIpc) is 3.28. The summed E-state index contributed by atoms with van der Waals surface area (Å²) in [6, 6.07) is 17.6. The average molecular weight is 428 g/mol. The molecule has 0 saturated carbocycles. The van der Waals surface area contributed by atoms with E-state index in [1.54, 1.807) is 19.4 Å². The third kappa shape index (κ3) is 3.94. The maximum atomic E-state index is 13.0. The Labute approximate surface area is 186 Å². The number of fused-ring (bicyclic) bond motifs is 1. The molecule has 2 aromatic carbocycles. The van der Waals surface area contributed by atoms with Gasteiger partial charge in [-0.05, 0) is 29.8 Å². The lowest BCUT2D eigenvalue weighted by atomic mass is 9.99. The zero-order valence-electron chi connectivity index (χ0n) is 17.9. The van der Waals surface area contributed by atoms with E-state index in [0.29, 0.717) is 31.0 Å². The summed E-state index contributed by atoms with van der Waals surface area (Å²) in [5.41, 5.74) is 4.47. The Hall–Kier alpha value is -3.71. The molecule has 0 unspecified atom stereocenters. The number of methoxy groups -OCH3 is 1. The van der Waals surface area contributed by atoms with Crippen molar-refractivity contribution in [2.75, 3.05) is 38.3 Å². The SMILES string of the molecule is COc1ccc(-c2ccccc2)c2c1CC(NC(=O)c1ccnc(N3CCOCC3)c1)=N2. The molecule has 0 bridgehead atoms. The molecule has 2 aliphatic rings. The molecule has 1 saturated heterocycles. The highest BCUT2D eigenvalue weighted by Crippen LogP contribution is 2.42. The zero-order valence-corrected chi connectivity index (χ0v) is 17.9. The molecule has 0 spiro atoms. The quantitative estimate of drug-likeness (QED) is 0.687. The lowest BCUT2D eigenvalue weighted by molar-refractivity contribution is 0.0976. The van der Waals surface area contributed by atoms with Crippen LogP contribution in [0.4, 0.5) is 11.5 Å². The Morgan fingerprint density at radius 3 is 2.69 bits per heavy atom. The van der Waals surface area contributed by atoms with Gasteiger partial charge < -0.3 is 19.7 Å². The van der Waals surface area contributed by atoms with Crippen molar-refractivity contribution in [3.05, 3.63) is 71.9 Å². The predicted octanol–water partition coefficient (Wildman–Crippen LogP) is 3.61. The molecule has 5 rings (SSSR count). The molecule has 3 aromatic rings. The van der Waals surface area contributed by atoms with Crippen molar-refractivity contribution in [2.45, 2.75) is 6.42 Å². The van der Waals surface area contributed by atoms with E-state index in [1.165, 1.54) is 0 Å². The first-order valence-corrected chi connectivity index (χ1v) is 10.7. The highest BCUT2D eigenvalue weighted by Gasteiger charge is 2.24. The molecule has 0 radical (unpaired) electrons. The molecule has 1 N–H and O–H groups in total. The Morgan fingerprint density at radius 2 is 1.91 bits per heavy atom. The predicted molar refractivity (Wildman–Crippen MR) is 124 cm³/mol. The number of amidine groups is 1. The van der Waals surface area contributed by atoms with Crippen molar-refractivity contribution in [1.82, 2.24) is 10.3 Å². The number of morpholine rings is 1. The Morgan fingerprint density at radius 1 is 1.09 bits per heavy atom. The first-order chi connectivity index (χ1) is 15.7. The minimum Gasteiger partial charge on any atom is -0.496 e. The minimum atomic E-state index is -0.200. The number of nitrogens with one attached hydrogen (secondary N) is 1. The summed E-state index contributed by atoms with van der Waals surface area (Å²) in [6.07, 6.45) is 2.17. The summed E-state index contributed by atoms with van der Waals surface area (Å²) in [5.74, 6) is 1.96. The molecule has 0 aliphatic carbocycles. The van der Waals surface area contributed by atoms with Crippen LogP contribution in [0.25, 0.3) is 11.1 Å². The molecule has 0 atom stereocenters. The van der Waals surface area contributed by atoms with Gasteiger partial charge in [0.1, 0.15) is 17.4 Å². The number of carbonyl (C=O) groups is 1. The van der Waals surface area contributed by atoms with Gasteiger partial charge in [0.2, 0.25) is 0 Å². The summed E-state index contributed by atoms with van der Waals surface area (Å²) in [6.45, 7) is 2.86. The van der Waals surface area contributed by atoms with Crippen LogP contribution in [0.15, 0.2) is 65.8 Å². The van der Waals surface area contributed by atoms with Crippen molar-refractivity contribution in [3.8, 4) is 16.9 Å². The fraction of sp³-hybridized carbons (Fsp3) is 0.240. The van der Waals surface area contributed by atoms with Crippen LogP contribution < -0.4 is 15.0 Å². The molecule has 162 valence electrons. The van der Waals surface area contributed by atoms with Crippen LogP contribution in [0.3, 0.4) is 0 Å². The topological polar surface area (TPSA) is 76.0 Å². The number of benzene rings is 2. The fourth-order valence-corrected chi connectivity index (χ4v) is 4.10. The van der Waals surface area contributed by atoms with Crippen molar-refractivity contribution < 1.29 is 14.3 Å². The summed E-state index contributed by atoms with van der Waals surface area (Å²) < 4.78 is 11.0. The van der Waals surface area contributed by atoms with Gasteiger partial charge >= 0.3 is 0 Å². The van der Waals surface area contributed by atoms with E-state index < -0.39 is 0 Å². The van der Waals surface area contributed by atoms with Crippen LogP contribution in [-0.4, -0.2) is 50.1 Å². The first kappa shape index (κ1) is 20.2. The van der Waals surface area contributed by atoms with E-state index in [2.05, 4.69) is 27.3 Å². The van der Waals surface area contributed by atoms with Gasteiger partial charge in [-0.25, -0.2) is 9.98 Å². The number of amides is 1. The minimum absolute atomic E-state index is 0.200. The van der Waals surface area contributed by atoms with Crippen LogP contribution in [0.5, 0.6) is 5.75 Å². The van der Waals surface area contributed by atoms with Gasteiger partial charge in [-0.1, -0.05) is 30.3 Å². The summed E-state index contributed by atoms with van der Waals surface area (Å²) in [4.78, 5) is 24.3. The number of aromatic nitrogens is 1. The van der Waals surface area contributed by atoms with E-state index in [4.69, 9.17) is 14.5 Å². The zero-order chi connectivity index (χ0) is 21.9. The van der Waals surface area contributed by atoms with Crippen LogP contribution in [-0.2, 0) is 11.2 Å². The van der Waals surface area contributed by atoms with Gasteiger partial charge in [0.15, 0.2) is 0 Å². The smallest absolute Gasteiger partial charge is 0.256 e. The largest absolute Gasteiger partial charge is 0.496 e. The Kier molecular flexibility index (Phi) is 5.56. The van der Waals surface area contributed by atoms with Gasteiger partial charge in [0.05, 0.1) is 26.0 Å². The molecule has 1 amide bonds. The fourth-order valence-electron chi connectivity index (χ4n) is 4.10. The number of nitrogens with zero attached hydrogens (tertiary/aromatic N) is 3. The summed E-state index contributed by atoms with van der Waals surface area (Å²) in [7, 11) is 1.65. The standard InChI is InChI=1S/C25H24N4O3/c1-31-21-8-7-19(17-5-3-2-4-6-17)24-20(21)16-22(27-24)28-25(30)18-9-10-26-23(15-18)29-11-13-32-14-12-29/h2-10,15H,11-14,16H2,1H3,(H,27,28,30). The third-order valence-electron chi connectivity index (χ3n) is 5.74. The van der Waals surface area contributed by atoms with Crippen molar-refractivity contribution in [2.24, 2.45) is 4.99 Å². The van der Waals surface area contributed by atoms with Gasteiger partial charge in [-0.2, -0.15) is 0 Å². The number of aliphatic imine (C=N–C) groups is 1. The van der Waals surface area contributed by atoms with E-state index in [0.717, 1.165) is 47.0 Å². The second-order valence-corrected chi connectivity index (χ2v) is 7.70. The maximum absolute atomic E-state index is 13.0. The number of hydrogen-bond donors (Lipinski definition) is 1. The second kappa shape index (κ2) is 8.80. The van der Waals surface area contributed by atoms with E-state index in [-0.39, 0.29) is 5.91 Å². The van der Waals surface area contributed by atoms with Gasteiger partial charge in [0.25, 0.3) is 5.91 Å². The van der Waals surface area contributed by atoms with E-state index >= 15 is 0 Å². The number of pyridine rings is 1. The molecule has 3 heterocycles. The first-order valence-electron chi connectivity index (χ1n) is 10.7. The number of rotatable bonds is 4. The van der Waals surface area contributed by atoms with Crippen LogP contribution in [0.2, 0.25) is 0 Å². The van der Waals surface area contributed by atoms with Gasteiger partial charge in [0, 0.05) is 42.4 Å². The summed E-state index contributed by atoms with van der Waals surface area (Å²) in [5, 5.41) is 2.99. The lowest BCUT2D eigenvalue weighted by Crippen LogP contribution is -2.37. The Balaban J connectivity index is 1.39. The normalized spacial score (nSPS) is 15.2. The van der Waals surface area contributed by atoms with Crippen molar-refractivity contribution in [3.63, 3.8) is 0 Å². The molecule has 7 nitrogen and oxygen atoms in total. The van der Waals surface area contributed by atoms with Gasteiger partial charge in [-0.15, -0.1) is 0 Å². The van der Waals surface area contributed by atoms with Crippen LogP contribution in [0.1, 0.15) is 15.9 Å². The van der Waals surface area contributed by atoms with Crippen LogP contribution in [0, 0.1) is 0 Å². The molecule has 1 aromatic heterocycles. The molecule has 1 fully saturated rings. The van der Waals surface area contributed by atoms with Crippen LogP contribution >= 0.6 is 0 Å². The monoisotopic (exact) mass is 428 g/mol. The lowest BCUT2D eigenvalue weighted by Gasteiger charge is -2.27. The number of hydrogen-bond acceptors (Lipinski definition) is 6. The highest BCUT2D eigenvalue weighted by atomic mass is 16.5.